The summed E-state index contributed by atoms with van der Waals surface area (Å²) in [6.45, 7) is 3.80. The Kier molecular flexibility index (Phi) is 4.59. The first kappa shape index (κ1) is 16.5. The maximum Gasteiger partial charge on any atom is 0.270 e. The van der Waals surface area contributed by atoms with E-state index in [0.717, 1.165) is 15.6 Å². The molecule has 0 aliphatic carbocycles. The van der Waals surface area contributed by atoms with Crippen LogP contribution in [0.25, 0.3) is 22.2 Å². The van der Waals surface area contributed by atoms with Crippen LogP contribution in [0.1, 0.15) is 23.7 Å². The molecule has 2 aromatic heterocycles. The van der Waals surface area contributed by atoms with Gasteiger partial charge in [0.1, 0.15) is 16.0 Å². The van der Waals surface area contributed by atoms with Crippen LogP contribution in [0.15, 0.2) is 22.7 Å². The summed E-state index contributed by atoms with van der Waals surface area (Å²) in [4.78, 5) is 9.66. The molecule has 3 aromatic rings. The SMILES string of the molecule is COc1cc(-c2noc(-c3sc([C@H](C)OC)nc3C)n2)ccc1F. The van der Waals surface area contributed by atoms with E-state index in [0.29, 0.717) is 17.3 Å². The molecule has 126 valence electrons. The van der Waals surface area contributed by atoms with E-state index in [1.807, 2.05) is 13.8 Å². The fourth-order valence-electron chi connectivity index (χ4n) is 2.12. The standard InChI is InChI=1S/C16H16FN3O3S/c1-8-13(24-16(18-8)9(2)21-3)15-19-14(20-23-15)10-5-6-11(17)12(7-10)22-4/h5-7,9H,1-4H3/t9-/m0/s1. The summed E-state index contributed by atoms with van der Waals surface area (Å²) in [5, 5.41) is 4.81. The number of thiazole rings is 1. The molecule has 0 unspecified atom stereocenters. The van der Waals surface area contributed by atoms with Gasteiger partial charge in [0, 0.05) is 12.7 Å². The number of aromatic nitrogens is 3. The number of rotatable bonds is 5. The molecule has 0 amide bonds. The van der Waals surface area contributed by atoms with Gasteiger partial charge < -0.3 is 14.0 Å². The topological polar surface area (TPSA) is 70.3 Å². The minimum Gasteiger partial charge on any atom is -0.494 e. The van der Waals surface area contributed by atoms with Crippen molar-refractivity contribution < 1.29 is 18.4 Å². The molecule has 6 nitrogen and oxygen atoms in total. The van der Waals surface area contributed by atoms with Crippen molar-refractivity contribution >= 4 is 11.3 Å². The monoisotopic (exact) mass is 349 g/mol. The van der Waals surface area contributed by atoms with Crippen LogP contribution < -0.4 is 4.74 Å². The number of ether oxygens (including phenoxy) is 2. The largest absolute Gasteiger partial charge is 0.494 e. The lowest BCUT2D eigenvalue weighted by Gasteiger charge is -2.03. The fraction of sp³-hybridized carbons (Fsp3) is 0.312. The molecule has 8 heteroatoms. The van der Waals surface area contributed by atoms with Gasteiger partial charge in [-0.05, 0) is 32.0 Å². The van der Waals surface area contributed by atoms with Crippen LogP contribution in [-0.2, 0) is 4.74 Å². The molecule has 0 aliphatic rings. The maximum absolute atomic E-state index is 13.5. The van der Waals surface area contributed by atoms with Crippen LogP contribution in [0, 0.1) is 12.7 Å². The Labute approximate surface area is 142 Å². The van der Waals surface area contributed by atoms with Crippen molar-refractivity contribution in [1.29, 1.82) is 0 Å². The van der Waals surface area contributed by atoms with Gasteiger partial charge in [-0.2, -0.15) is 4.98 Å². The zero-order valence-electron chi connectivity index (χ0n) is 13.7. The van der Waals surface area contributed by atoms with E-state index >= 15 is 0 Å². The van der Waals surface area contributed by atoms with Crippen molar-refractivity contribution in [2.75, 3.05) is 14.2 Å². The number of halogens is 1. The first-order valence-corrected chi connectivity index (χ1v) is 8.03. The van der Waals surface area contributed by atoms with Crippen LogP contribution >= 0.6 is 11.3 Å². The van der Waals surface area contributed by atoms with E-state index < -0.39 is 5.82 Å². The average molecular weight is 349 g/mol. The third kappa shape index (κ3) is 3.02. The molecular weight excluding hydrogens is 333 g/mol. The van der Waals surface area contributed by atoms with Crippen LogP contribution in [-0.4, -0.2) is 29.3 Å². The highest BCUT2D eigenvalue weighted by Crippen LogP contribution is 2.34. The average Bonchev–Trinajstić information content (AvgIpc) is 3.21. The summed E-state index contributed by atoms with van der Waals surface area (Å²) in [5.74, 6) is 0.417. The summed E-state index contributed by atoms with van der Waals surface area (Å²) < 4.78 is 29.1. The molecule has 0 bridgehead atoms. The third-order valence-corrected chi connectivity index (χ3v) is 4.85. The molecule has 1 atom stereocenters. The van der Waals surface area contributed by atoms with Crippen molar-refractivity contribution in [1.82, 2.24) is 15.1 Å². The van der Waals surface area contributed by atoms with Crippen LogP contribution in [0.3, 0.4) is 0 Å². The van der Waals surface area contributed by atoms with Crippen molar-refractivity contribution in [3.05, 3.63) is 34.7 Å². The first-order valence-electron chi connectivity index (χ1n) is 7.21. The van der Waals surface area contributed by atoms with Crippen molar-refractivity contribution in [3.8, 4) is 27.9 Å². The van der Waals surface area contributed by atoms with Crippen molar-refractivity contribution in [2.24, 2.45) is 0 Å². The lowest BCUT2D eigenvalue weighted by molar-refractivity contribution is 0.119. The number of nitrogens with zero attached hydrogens (tertiary/aromatic N) is 3. The number of hydrogen-bond donors (Lipinski definition) is 0. The normalized spacial score (nSPS) is 12.4. The van der Waals surface area contributed by atoms with Crippen LogP contribution in [0.5, 0.6) is 5.75 Å². The van der Waals surface area contributed by atoms with Gasteiger partial charge in [0.15, 0.2) is 11.6 Å². The van der Waals surface area contributed by atoms with E-state index in [9.17, 15) is 4.39 Å². The van der Waals surface area contributed by atoms with Gasteiger partial charge in [-0.3, -0.25) is 0 Å². The quantitative estimate of drug-likeness (QED) is 0.693. The Bertz CT molecular complexity index is 862. The van der Waals surface area contributed by atoms with E-state index in [2.05, 4.69) is 15.1 Å². The van der Waals surface area contributed by atoms with Gasteiger partial charge in [-0.1, -0.05) is 5.16 Å². The smallest absolute Gasteiger partial charge is 0.270 e. The Morgan fingerprint density at radius 1 is 1.25 bits per heavy atom. The first-order chi connectivity index (χ1) is 11.5. The van der Waals surface area contributed by atoms with E-state index in [1.54, 1.807) is 13.2 Å². The molecule has 24 heavy (non-hydrogen) atoms. The molecular formula is C16H16FN3O3S. The van der Waals surface area contributed by atoms with Gasteiger partial charge in [-0.15, -0.1) is 11.3 Å². The second-order valence-corrected chi connectivity index (χ2v) is 6.15. The number of aryl methyl sites for hydroxylation is 1. The Morgan fingerprint density at radius 3 is 2.75 bits per heavy atom. The Hall–Kier alpha value is -2.32. The predicted octanol–water partition coefficient (Wildman–Crippen LogP) is 4.02. The highest BCUT2D eigenvalue weighted by Gasteiger charge is 2.20. The highest BCUT2D eigenvalue weighted by atomic mass is 32.1. The molecule has 0 N–H and O–H groups in total. The third-order valence-electron chi connectivity index (χ3n) is 3.54. The van der Waals surface area contributed by atoms with Crippen molar-refractivity contribution in [3.63, 3.8) is 0 Å². The Morgan fingerprint density at radius 2 is 2.04 bits per heavy atom. The summed E-state index contributed by atoms with van der Waals surface area (Å²) in [6.07, 6.45) is -0.105. The highest BCUT2D eigenvalue weighted by molar-refractivity contribution is 7.15. The summed E-state index contributed by atoms with van der Waals surface area (Å²) in [6, 6.07) is 4.41. The molecule has 0 fully saturated rings. The van der Waals surface area contributed by atoms with Gasteiger partial charge in [-0.25, -0.2) is 9.37 Å². The zero-order valence-corrected chi connectivity index (χ0v) is 14.5. The Balaban J connectivity index is 1.95. The lowest BCUT2D eigenvalue weighted by Crippen LogP contribution is -1.94. The van der Waals surface area contributed by atoms with E-state index in [4.69, 9.17) is 14.0 Å². The minimum absolute atomic E-state index is 0.105. The van der Waals surface area contributed by atoms with Crippen LogP contribution in [0.4, 0.5) is 4.39 Å². The summed E-state index contributed by atoms with van der Waals surface area (Å²) in [5.41, 5.74) is 1.40. The van der Waals surface area contributed by atoms with Gasteiger partial charge >= 0.3 is 0 Å². The maximum atomic E-state index is 13.5. The van der Waals surface area contributed by atoms with Gasteiger partial charge in [0.05, 0.1) is 12.8 Å². The summed E-state index contributed by atoms with van der Waals surface area (Å²) in [7, 11) is 3.04. The molecule has 0 saturated carbocycles. The lowest BCUT2D eigenvalue weighted by atomic mass is 10.2. The number of hydrogen-bond acceptors (Lipinski definition) is 7. The number of methoxy groups -OCH3 is 2. The predicted molar refractivity (Wildman–Crippen MR) is 87.5 cm³/mol. The fourth-order valence-corrected chi connectivity index (χ4v) is 3.14. The van der Waals surface area contributed by atoms with Crippen LogP contribution in [0.2, 0.25) is 0 Å². The molecule has 2 heterocycles. The molecule has 0 aliphatic heterocycles. The molecule has 0 saturated heterocycles. The molecule has 3 rings (SSSR count). The second-order valence-electron chi connectivity index (χ2n) is 5.12. The molecule has 1 aromatic carbocycles. The second kappa shape index (κ2) is 6.66. The van der Waals surface area contributed by atoms with E-state index in [-0.39, 0.29) is 11.9 Å². The summed E-state index contributed by atoms with van der Waals surface area (Å²) >= 11 is 1.45. The molecule has 0 spiro atoms. The van der Waals surface area contributed by atoms with Gasteiger partial charge in [0.25, 0.3) is 5.89 Å². The van der Waals surface area contributed by atoms with Gasteiger partial charge in [0.2, 0.25) is 5.82 Å². The molecule has 0 radical (unpaired) electrons. The zero-order chi connectivity index (χ0) is 17.3. The van der Waals surface area contributed by atoms with E-state index in [1.165, 1.54) is 30.6 Å². The minimum atomic E-state index is -0.443. The number of benzene rings is 1. The van der Waals surface area contributed by atoms with Crippen molar-refractivity contribution in [2.45, 2.75) is 20.0 Å².